The van der Waals surface area contributed by atoms with Gasteiger partial charge in [-0.05, 0) is 41.5 Å². The molecule has 0 atom stereocenters. The van der Waals surface area contributed by atoms with Crippen LogP contribution in [0.15, 0.2) is 176 Å². The van der Waals surface area contributed by atoms with Gasteiger partial charge in [-0.1, -0.05) is 146 Å². The fourth-order valence-corrected chi connectivity index (χ4v) is 10.2. The molecule has 7 aromatic carbocycles. The van der Waals surface area contributed by atoms with Crippen LogP contribution in [0.1, 0.15) is 0 Å². The summed E-state index contributed by atoms with van der Waals surface area (Å²) in [5.41, 5.74) is 10.2. The number of thiophene rings is 2. The lowest BCUT2D eigenvalue weighted by atomic mass is 9.99. The molecule has 4 aromatic heterocycles. The molecule has 11 rings (SSSR count). The number of rotatable bonds is 5. The monoisotopic (exact) mass is 723 g/mol. The third-order valence-electron chi connectivity index (χ3n) is 10.3. The molecule has 0 saturated carbocycles. The molecular formula is C49H29N3S2. The van der Waals surface area contributed by atoms with E-state index in [2.05, 4.69) is 170 Å². The second-order valence-corrected chi connectivity index (χ2v) is 15.7. The Morgan fingerprint density at radius 3 is 1.78 bits per heavy atom. The molecule has 0 fully saturated rings. The summed E-state index contributed by atoms with van der Waals surface area (Å²) < 4.78 is 5.11. The van der Waals surface area contributed by atoms with E-state index in [-0.39, 0.29) is 0 Å². The predicted molar refractivity (Wildman–Crippen MR) is 230 cm³/mol. The lowest BCUT2D eigenvalue weighted by Crippen LogP contribution is -1.96. The van der Waals surface area contributed by atoms with Crippen molar-refractivity contribution in [1.29, 1.82) is 0 Å². The Kier molecular flexibility index (Phi) is 7.22. The predicted octanol–water partition coefficient (Wildman–Crippen LogP) is 14.1. The summed E-state index contributed by atoms with van der Waals surface area (Å²) in [5, 5.41) is 6.19. The lowest BCUT2D eigenvalue weighted by Gasteiger charge is -2.12. The average molecular weight is 724 g/mol. The summed E-state index contributed by atoms with van der Waals surface area (Å²) in [7, 11) is 0. The molecule has 0 aliphatic heterocycles. The standard InChI is InChI=1S/C49H29N3S2/c1-3-13-30(14-4-1)40-29-41(52-49(51-40)34-18-11-17-32(27-34)35-21-12-22-37-36-19-7-9-23-43(36)53-47(35)37)33-25-26-38-42(28-33)50-46(31-15-5-2-6-16-31)45-39-20-8-10-24-44(39)54-48(38)45/h1-29H. The Bertz CT molecular complexity index is 3220. The highest BCUT2D eigenvalue weighted by atomic mass is 32.1. The van der Waals surface area contributed by atoms with Gasteiger partial charge in [0.1, 0.15) is 0 Å². The smallest absolute Gasteiger partial charge is 0.160 e. The van der Waals surface area contributed by atoms with E-state index in [1.54, 1.807) is 0 Å². The van der Waals surface area contributed by atoms with E-state index in [0.29, 0.717) is 5.82 Å². The van der Waals surface area contributed by atoms with Gasteiger partial charge in [0, 0.05) is 68.0 Å². The Labute approximate surface area is 319 Å². The zero-order valence-electron chi connectivity index (χ0n) is 28.9. The van der Waals surface area contributed by atoms with E-state index in [9.17, 15) is 0 Å². The fraction of sp³-hybridized carbons (Fsp3) is 0. The molecule has 54 heavy (non-hydrogen) atoms. The first kappa shape index (κ1) is 31.0. The quantitative estimate of drug-likeness (QED) is 0.177. The maximum absolute atomic E-state index is 5.39. The second-order valence-electron chi connectivity index (χ2n) is 13.6. The van der Waals surface area contributed by atoms with Crippen LogP contribution >= 0.6 is 22.7 Å². The van der Waals surface area contributed by atoms with Crippen molar-refractivity contribution in [2.75, 3.05) is 0 Å². The molecule has 5 heteroatoms. The molecule has 0 saturated heterocycles. The van der Waals surface area contributed by atoms with E-state index < -0.39 is 0 Å². The van der Waals surface area contributed by atoms with Gasteiger partial charge >= 0.3 is 0 Å². The molecule has 0 N–H and O–H groups in total. The van der Waals surface area contributed by atoms with Crippen LogP contribution in [0.25, 0.3) is 108 Å². The van der Waals surface area contributed by atoms with Gasteiger partial charge in [0.15, 0.2) is 5.82 Å². The van der Waals surface area contributed by atoms with Crippen LogP contribution in [0.5, 0.6) is 0 Å². The Morgan fingerprint density at radius 1 is 0.352 bits per heavy atom. The number of benzene rings is 7. The van der Waals surface area contributed by atoms with E-state index in [1.807, 2.05) is 28.7 Å². The highest BCUT2D eigenvalue weighted by Gasteiger charge is 2.18. The second kappa shape index (κ2) is 12.6. The summed E-state index contributed by atoms with van der Waals surface area (Å²) in [6.45, 7) is 0. The highest BCUT2D eigenvalue weighted by Crippen LogP contribution is 2.44. The van der Waals surface area contributed by atoms with Gasteiger partial charge in [-0.15, -0.1) is 22.7 Å². The number of nitrogens with zero attached hydrogens (tertiary/aromatic N) is 3. The van der Waals surface area contributed by atoms with E-state index >= 15 is 0 Å². The van der Waals surface area contributed by atoms with Crippen molar-refractivity contribution in [3.8, 4) is 56.3 Å². The minimum Gasteiger partial charge on any atom is -0.247 e. The number of hydrogen-bond acceptors (Lipinski definition) is 5. The largest absolute Gasteiger partial charge is 0.247 e. The zero-order chi connectivity index (χ0) is 35.6. The lowest BCUT2D eigenvalue weighted by molar-refractivity contribution is 1.18. The van der Waals surface area contributed by atoms with Gasteiger partial charge in [-0.25, -0.2) is 15.0 Å². The minimum absolute atomic E-state index is 0.690. The fourth-order valence-electron chi connectivity index (χ4n) is 7.71. The van der Waals surface area contributed by atoms with E-state index in [4.69, 9.17) is 15.0 Å². The first-order valence-corrected chi connectivity index (χ1v) is 19.6. The topological polar surface area (TPSA) is 38.7 Å². The minimum atomic E-state index is 0.690. The van der Waals surface area contributed by atoms with Crippen LogP contribution in [0, 0.1) is 0 Å². The summed E-state index contributed by atoms with van der Waals surface area (Å²) in [4.78, 5) is 15.9. The molecule has 0 aliphatic carbocycles. The van der Waals surface area contributed by atoms with Gasteiger partial charge in [-0.2, -0.15) is 0 Å². The van der Waals surface area contributed by atoms with Gasteiger partial charge in [0.25, 0.3) is 0 Å². The van der Waals surface area contributed by atoms with Crippen LogP contribution in [0.4, 0.5) is 0 Å². The maximum atomic E-state index is 5.39. The number of aromatic nitrogens is 3. The molecule has 0 unspecified atom stereocenters. The van der Waals surface area contributed by atoms with E-state index in [1.165, 1.54) is 45.9 Å². The third-order valence-corrected chi connectivity index (χ3v) is 12.7. The SMILES string of the molecule is c1ccc(-c2cc(-c3ccc4c(c3)nc(-c3ccccc3)c3c5ccccc5sc43)nc(-c3cccc(-c4cccc5c4sc4ccccc45)c3)n2)cc1. The molecular weight excluding hydrogens is 695 g/mol. The molecule has 4 heterocycles. The maximum Gasteiger partial charge on any atom is 0.160 e. The normalized spacial score (nSPS) is 11.7. The van der Waals surface area contributed by atoms with Crippen molar-refractivity contribution in [1.82, 2.24) is 15.0 Å². The molecule has 0 aliphatic rings. The van der Waals surface area contributed by atoms with Crippen molar-refractivity contribution in [2.45, 2.75) is 0 Å². The van der Waals surface area contributed by atoms with Crippen molar-refractivity contribution in [3.05, 3.63) is 176 Å². The van der Waals surface area contributed by atoms with Gasteiger partial charge in [0.05, 0.1) is 22.6 Å². The van der Waals surface area contributed by atoms with E-state index in [0.717, 1.165) is 55.8 Å². The highest BCUT2D eigenvalue weighted by molar-refractivity contribution is 7.27. The third kappa shape index (κ3) is 5.12. The van der Waals surface area contributed by atoms with Gasteiger partial charge in [-0.3, -0.25) is 0 Å². The van der Waals surface area contributed by atoms with Crippen LogP contribution in [0.3, 0.4) is 0 Å². The Hall–Kier alpha value is -6.53. The van der Waals surface area contributed by atoms with Crippen LogP contribution in [0.2, 0.25) is 0 Å². The van der Waals surface area contributed by atoms with Crippen LogP contribution in [-0.4, -0.2) is 15.0 Å². The molecule has 0 bridgehead atoms. The average Bonchev–Trinajstić information content (AvgIpc) is 3.83. The Balaban J connectivity index is 1.09. The van der Waals surface area contributed by atoms with Crippen LogP contribution < -0.4 is 0 Å². The van der Waals surface area contributed by atoms with Crippen molar-refractivity contribution in [3.63, 3.8) is 0 Å². The van der Waals surface area contributed by atoms with Crippen LogP contribution in [-0.2, 0) is 0 Å². The summed E-state index contributed by atoms with van der Waals surface area (Å²) >= 11 is 3.69. The molecule has 252 valence electrons. The van der Waals surface area contributed by atoms with Gasteiger partial charge < -0.3 is 0 Å². The number of pyridine rings is 1. The zero-order valence-corrected chi connectivity index (χ0v) is 30.5. The van der Waals surface area contributed by atoms with Gasteiger partial charge in [0.2, 0.25) is 0 Å². The molecule has 3 nitrogen and oxygen atoms in total. The Morgan fingerprint density at radius 2 is 0.963 bits per heavy atom. The van der Waals surface area contributed by atoms with Crippen molar-refractivity contribution < 1.29 is 0 Å². The number of fused-ring (bicyclic) bond motifs is 8. The molecule has 0 spiro atoms. The molecule has 11 aromatic rings. The summed E-state index contributed by atoms with van der Waals surface area (Å²) in [6, 6.07) is 62.3. The molecule has 0 radical (unpaired) electrons. The number of hydrogen-bond donors (Lipinski definition) is 0. The first-order chi connectivity index (χ1) is 26.7. The summed E-state index contributed by atoms with van der Waals surface area (Å²) in [6.07, 6.45) is 0. The summed E-state index contributed by atoms with van der Waals surface area (Å²) in [5.74, 6) is 0.690. The van der Waals surface area contributed by atoms with Crippen molar-refractivity contribution >= 4 is 73.9 Å². The molecule has 0 amide bonds. The first-order valence-electron chi connectivity index (χ1n) is 18.0. The van der Waals surface area contributed by atoms with Crippen molar-refractivity contribution in [2.24, 2.45) is 0 Å².